The van der Waals surface area contributed by atoms with Crippen molar-refractivity contribution in [2.45, 2.75) is 20.0 Å². The number of benzene rings is 1. The molecule has 0 aliphatic heterocycles. The standard InChI is InChI=1S/C16H20ClN3/c1-3-18-11-14-6-7-15(9-16(14)17)20(2)12-13-5-4-8-19-10-13/h4-10,18H,3,11-12H2,1-2H3. The van der Waals surface area contributed by atoms with Crippen LogP contribution >= 0.6 is 11.6 Å². The number of nitrogens with one attached hydrogen (secondary N) is 1. The number of pyridine rings is 1. The average molecular weight is 290 g/mol. The summed E-state index contributed by atoms with van der Waals surface area (Å²) in [5.74, 6) is 0. The normalized spacial score (nSPS) is 10.6. The van der Waals surface area contributed by atoms with Gasteiger partial charge in [0.2, 0.25) is 0 Å². The van der Waals surface area contributed by atoms with Crippen LogP contribution in [0.5, 0.6) is 0 Å². The molecule has 2 aromatic rings. The number of hydrogen-bond acceptors (Lipinski definition) is 3. The lowest BCUT2D eigenvalue weighted by molar-refractivity contribution is 0.727. The highest BCUT2D eigenvalue weighted by Gasteiger charge is 2.06. The fourth-order valence-electron chi connectivity index (χ4n) is 2.03. The molecular weight excluding hydrogens is 270 g/mol. The maximum Gasteiger partial charge on any atom is 0.0471 e. The van der Waals surface area contributed by atoms with E-state index in [1.807, 2.05) is 18.3 Å². The molecular formula is C16H20ClN3. The third-order valence-electron chi connectivity index (χ3n) is 3.19. The number of nitrogens with zero attached hydrogens (tertiary/aromatic N) is 2. The number of rotatable bonds is 6. The first kappa shape index (κ1) is 14.8. The zero-order chi connectivity index (χ0) is 14.4. The van der Waals surface area contributed by atoms with Crippen LogP contribution in [-0.4, -0.2) is 18.6 Å². The molecule has 0 amide bonds. The molecule has 0 atom stereocenters. The Morgan fingerprint density at radius 2 is 2.15 bits per heavy atom. The van der Waals surface area contributed by atoms with E-state index in [1.54, 1.807) is 6.20 Å². The van der Waals surface area contributed by atoms with E-state index in [4.69, 9.17) is 11.6 Å². The summed E-state index contributed by atoms with van der Waals surface area (Å²) >= 11 is 6.33. The highest BCUT2D eigenvalue weighted by atomic mass is 35.5. The van der Waals surface area contributed by atoms with Crippen LogP contribution in [0.15, 0.2) is 42.7 Å². The number of halogens is 1. The van der Waals surface area contributed by atoms with Gasteiger partial charge in [0.25, 0.3) is 0 Å². The molecule has 2 rings (SSSR count). The summed E-state index contributed by atoms with van der Waals surface area (Å²) in [6.45, 7) is 4.65. The van der Waals surface area contributed by atoms with Crippen molar-refractivity contribution in [2.24, 2.45) is 0 Å². The Morgan fingerprint density at radius 3 is 2.80 bits per heavy atom. The van der Waals surface area contributed by atoms with Gasteiger partial charge >= 0.3 is 0 Å². The van der Waals surface area contributed by atoms with Gasteiger partial charge in [-0.05, 0) is 35.9 Å². The minimum Gasteiger partial charge on any atom is -0.370 e. The van der Waals surface area contributed by atoms with Crippen LogP contribution in [0.1, 0.15) is 18.1 Å². The molecule has 0 saturated carbocycles. The van der Waals surface area contributed by atoms with Crippen LogP contribution in [-0.2, 0) is 13.1 Å². The van der Waals surface area contributed by atoms with Crippen LogP contribution < -0.4 is 10.2 Å². The van der Waals surface area contributed by atoms with Crippen LogP contribution in [0.3, 0.4) is 0 Å². The van der Waals surface area contributed by atoms with Gasteiger partial charge in [-0.1, -0.05) is 30.7 Å². The molecule has 0 saturated heterocycles. The van der Waals surface area contributed by atoms with Gasteiger partial charge in [0, 0.05) is 43.2 Å². The van der Waals surface area contributed by atoms with E-state index >= 15 is 0 Å². The van der Waals surface area contributed by atoms with E-state index < -0.39 is 0 Å². The van der Waals surface area contributed by atoms with Gasteiger partial charge in [-0.3, -0.25) is 4.98 Å². The SMILES string of the molecule is CCNCc1ccc(N(C)Cc2cccnc2)cc1Cl. The number of hydrogen-bond donors (Lipinski definition) is 1. The average Bonchev–Trinajstić information content (AvgIpc) is 2.47. The molecule has 1 aromatic carbocycles. The van der Waals surface area contributed by atoms with Gasteiger partial charge in [0.15, 0.2) is 0 Å². The molecule has 0 aliphatic carbocycles. The third kappa shape index (κ3) is 3.95. The van der Waals surface area contributed by atoms with Crippen molar-refractivity contribution < 1.29 is 0 Å². The molecule has 1 N–H and O–H groups in total. The molecule has 3 nitrogen and oxygen atoms in total. The Morgan fingerprint density at radius 1 is 1.30 bits per heavy atom. The first-order valence-electron chi connectivity index (χ1n) is 6.80. The molecule has 20 heavy (non-hydrogen) atoms. The van der Waals surface area contributed by atoms with E-state index in [0.717, 1.165) is 35.9 Å². The molecule has 4 heteroatoms. The summed E-state index contributed by atoms with van der Waals surface area (Å²) in [7, 11) is 2.06. The van der Waals surface area contributed by atoms with Gasteiger partial charge in [-0.2, -0.15) is 0 Å². The number of anilines is 1. The van der Waals surface area contributed by atoms with Crippen molar-refractivity contribution in [3.8, 4) is 0 Å². The van der Waals surface area contributed by atoms with Gasteiger partial charge < -0.3 is 10.2 Å². The highest BCUT2D eigenvalue weighted by Crippen LogP contribution is 2.24. The minimum atomic E-state index is 0.807. The summed E-state index contributed by atoms with van der Waals surface area (Å²) in [6.07, 6.45) is 3.67. The predicted molar refractivity (Wildman–Crippen MR) is 85.2 cm³/mol. The van der Waals surface area contributed by atoms with Crippen molar-refractivity contribution in [1.82, 2.24) is 10.3 Å². The zero-order valence-corrected chi connectivity index (χ0v) is 12.7. The second-order valence-electron chi connectivity index (χ2n) is 4.77. The minimum absolute atomic E-state index is 0.807. The van der Waals surface area contributed by atoms with E-state index in [9.17, 15) is 0 Å². The van der Waals surface area contributed by atoms with Crippen LogP contribution in [0, 0.1) is 0 Å². The van der Waals surface area contributed by atoms with E-state index in [-0.39, 0.29) is 0 Å². The largest absolute Gasteiger partial charge is 0.370 e. The molecule has 1 aromatic heterocycles. The van der Waals surface area contributed by atoms with Crippen molar-refractivity contribution in [3.63, 3.8) is 0 Å². The fourth-order valence-corrected chi connectivity index (χ4v) is 2.28. The monoisotopic (exact) mass is 289 g/mol. The first-order chi connectivity index (χ1) is 9.70. The van der Waals surface area contributed by atoms with Crippen LogP contribution in [0.2, 0.25) is 5.02 Å². The maximum absolute atomic E-state index is 6.33. The second-order valence-corrected chi connectivity index (χ2v) is 5.18. The predicted octanol–water partition coefficient (Wildman–Crippen LogP) is 3.48. The molecule has 0 radical (unpaired) electrons. The summed E-state index contributed by atoms with van der Waals surface area (Å²) in [6, 6.07) is 10.2. The van der Waals surface area contributed by atoms with Gasteiger partial charge in [-0.25, -0.2) is 0 Å². The summed E-state index contributed by atoms with van der Waals surface area (Å²) in [5.41, 5.74) is 3.42. The lowest BCUT2D eigenvalue weighted by Gasteiger charge is -2.20. The molecule has 0 unspecified atom stereocenters. The second kappa shape index (κ2) is 7.27. The van der Waals surface area contributed by atoms with E-state index in [2.05, 4.69) is 47.4 Å². The van der Waals surface area contributed by atoms with Crippen LogP contribution in [0.25, 0.3) is 0 Å². The van der Waals surface area contributed by atoms with Crippen LogP contribution in [0.4, 0.5) is 5.69 Å². The lowest BCUT2D eigenvalue weighted by Crippen LogP contribution is -2.17. The Kier molecular flexibility index (Phi) is 5.39. The van der Waals surface area contributed by atoms with Crippen molar-refractivity contribution >= 4 is 17.3 Å². The molecule has 1 heterocycles. The van der Waals surface area contributed by atoms with Crippen molar-refractivity contribution in [3.05, 3.63) is 58.9 Å². The maximum atomic E-state index is 6.33. The lowest BCUT2D eigenvalue weighted by atomic mass is 10.2. The van der Waals surface area contributed by atoms with Crippen molar-refractivity contribution in [2.75, 3.05) is 18.5 Å². The summed E-state index contributed by atoms with van der Waals surface area (Å²) < 4.78 is 0. The molecule has 0 fully saturated rings. The fraction of sp³-hybridized carbons (Fsp3) is 0.312. The zero-order valence-electron chi connectivity index (χ0n) is 11.9. The van der Waals surface area contributed by atoms with E-state index in [1.165, 1.54) is 5.56 Å². The Hall–Kier alpha value is -1.58. The Bertz CT molecular complexity index is 543. The third-order valence-corrected chi connectivity index (χ3v) is 3.54. The molecule has 0 bridgehead atoms. The summed E-state index contributed by atoms with van der Waals surface area (Å²) in [5, 5.41) is 4.09. The van der Waals surface area contributed by atoms with E-state index in [0.29, 0.717) is 0 Å². The number of aromatic nitrogens is 1. The highest BCUT2D eigenvalue weighted by molar-refractivity contribution is 6.31. The van der Waals surface area contributed by atoms with Gasteiger partial charge in [-0.15, -0.1) is 0 Å². The Balaban J connectivity index is 2.07. The first-order valence-corrected chi connectivity index (χ1v) is 7.17. The molecule has 0 aliphatic rings. The van der Waals surface area contributed by atoms with Crippen molar-refractivity contribution in [1.29, 1.82) is 0 Å². The topological polar surface area (TPSA) is 28.2 Å². The Labute approximate surface area is 125 Å². The van der Waals surface area contributed by atoms with Gasteiger partial charge in [0.1, 0.15) is 0 Å². The van der Waals surface area contributed by atoms with Gasteiger partial charge in [0.05, 0.1) is 0 Å². The summed E-state index contributed by atoms with van der Waals surface area (Å²) in [4.78, 5) is 6.30. The molecule has 106 valence electrons. The quantitative estimate of drug-likeness (QED) is 0.882. The smallest absolute Gasteiger partial charge is 0.0471 e. The molecule has 0 spiro atoms.